The topological polar surface area (TPSA) is 51.2 Å². The molecule has 3 nitrogen and oxygen atoms in total. The first-order chi connectivity index (χ1) is 7.93. The molecule has 1 rings (SSSR count). The monoisotopic (exact) mass is 258 g/mol. The van der Waals surface area contributed by atoms with Gasteiger partial charge in [-0.1, -0.05) is 12.1 Å². The van der Waals surface area contributed by atoms with E-state index >= 15 is 0 Å². The zero-order valence-corrected chi connectivity index (χ0v) is 10.5. The van der Waals surface area contributed by atoms with E-state index in [0.717, 1.165) is 6.07 Å². The highest BCUT2D eigenvalue weighted by molar-refractivity contribution is 7.91. The van der Waals surface area contributed by atoms with Crippen LogP contribution < -0.4 is 0 Å². The van der Waals surface area contributed by atoms with Gasteiger partial charge in [-0.25, -0.2) is 12.8 Å². The van der Waals surface area contributed by atoms with Crippen molar-refractivity contribution in [2.24, 2.45) is 0 Å². The maximum atomic E-state index is 13.3. The SMILES string of the molecule is CC(=O)CCCCS(=O)(=O)c1ccccc1F. The summed E-state index contributed by atoms with van der Waals surface area (Å²) < 4.78 is 36.8. The molecule has 0 saturated heterocycles. The Morgan fingerprint density at radius 2 is 1.88 bits per heavy atom. The van der Waals surface area contributed by atoms with Gasteiger partial charge in [0, 0.05) is 6.42 Å². The molecule has 1 aromatic carbocycles. The van der Waals surface area contributed by atoms with E-state index in [0.29, 0.717) is 19.3 Å². The van der Waals surface area contributed by atoms with E-state index in [9.17, 15) is 17.6 Å². The van der Waals surface area contributed by atoms with E-state index < -0.39 is 15.7 Å². The summed E-state index contributed by atoms with van der Waals surface area (Å²) in [6.45, 7) is 1.46. The molecule has 0 unspecified atom stereocenters. The third kappa shape index (κ3) is 4.26. The summed E-state index contributed by atoms with van der Waals surface area (Å²) in [5, 5.41) is 0. The maximum absolute atomic E-state index is 13.3. The Bertz CT molecular complexity index is 494. The standard InChI is InChI=1S/C12H15FO3S/c1-10(14)6-4-5-9-17(15,16)12-8-3-2-7-11(12)13/h2-3,7-8H,4-6,9H2,1H3. The molecule has 0 aliphatic heterocycles. The van der Waals surface area contributed by atoms with Crippen LogP contribution in [0.25, 0.3) is 0 Å². The Kier molecular flexibility index (Phi) is 4.81. The van der Waals surface area contributed by atoms with E-state index in [1.807, 2.05) is 0 Å². The molecule has 0 aliphatic carbocycles. The molecule has 94 valence electrons. The van der Waals surface area contributed by atoms with E-state index in [2.05, 4.69) is 0 Å². The third-order valence-corrected chi connectivity index (χ3v) is 4.19. The van der Waals surface area contributed by atoms with E-state index in [4.69, 9.17) is 0 Å². The second-order valence-electron chi connectivity index (χ2n) is 3.91. The summed E-state index contributed by atoms with van der Waals surface area (Å²) in [5.41, 5.74) is 0. The van der Waals surface area contributed by atoms with Crippen LogP contribution in [0.1, 0.15) is 26.2 Å². The van der Waals surface area contributed by atoms with Gasteiger partial charge in [-0.15, -0.1) is 0 Å². The average molecular weight is 258 g/mol. The molecular formula is C12H15FO3S. The van der Waals surface area contributed by atoms with Gasteiger partial charge in [0.2, 0.25) is 0 Å². The summed E-state index contributed by atoms with van der Waals surface area (Å²) in [4.78, 5) is 10.4. The predicted molar refractivity (Wildman–Crippen MR) is 63.0 cm³/mol. The van der Waals surface area contributed by atoms with Gasteiger partial charge in [0.05, 0.1) is 5.75 Å². The first-order valence-electron chi connectivity index (χ1n) is 5.40. The molecule has 0 fully saturated rings. The number of unbranched alkanes of at least 4 members (excludes halogenated alkanes) is 1. The third-order valence-electron chi connectivity index (χ3n) is 2.36. The lowest BCUT2D eigenvalue weighted by molar-refractivity contribution is -0.117. The molecule has 5 heteroatoms. The van der Waals surface area contributed by atoms with Crippen LogP contribution in [0.4, 0.5) is 4.39 Å². The van der Waals surface area contributed by atoms with Crippen molar-refractivity contribution in [2.45, 2.75) is 31.1 Å². The number of benzene rings is 1. The zero-order chi connectivity index (χ0) is 12.9. The number of carbonyl (C=O) groups is 1. The van der Waals surface area contributed by atoms with Gasteiger partial charge in [0.1, 0.15) is 16.5 Å². The average Bonchev–Trinajstić information content (AvgIpc) is 2.24. The summed E-state index contributed by atoms with van der Waals surface area (Å²) in [7, 11) is -3.58. The van der Waals surface area contributed by atoms with Crippen LogP contribution >= 0.6 is 0 Å². The van der Waals surface area contributed by atoms with E-state index in [-0.39, 0.29) is 16.4 Å². The van der Waals surface area contributed by atoms with Crippen molar-refractivity contribution in [3.05, 3.63) is 30.1 Å². The number of Topliss-reactive ketones (excluding diaryl/α,β-unsaturated/α-hetero) is 1. The fourth-order valence-corrected chi connectivity index (χ4v) is 2.93. The van der Waals surface area contributed by atoms with Crippen molar-refractivity contribution in [3.8, 4) is 0 Å². The number of ketones is 1. The van der Waals surface area contributed by atoms with Crippen molar-refractivity contribution in [2.75, 3.05) is 5.75 Å². The Morgan fingerprint density at radius 3 is 2.47 bits per heavy atom. The lowest BCUT2D eigenvalue weighted by atomic mass is 10.2. The number of sulfone groups is 1. The van der Waals surface area contributed by atoms with Gasteiger partial charge in [-0.05, 0) is 31.9 Å². The van der Waals surface area contributed by atoms with E-state index in [1.54, 1.807) is 0 Å². The Hall–Kier alpha value is -1.23. The van der Waals surface area contributed by atoms with Gasteiger partial charge in [-0.3, -0.25) is 0 Å². The highest BCUT2D eigenvalue weighted by Crippen LogP contribution is 2.16. The van der Waals surface area contributed by atoms with Crippen LogP contribution in [-0.4, -0.2) is 20.0 Å². The van der Waals surface area contributed by atoms with Crippen molar-refractivity contribution in [3.63, 3.8) is 0 Å². The molecule has 0 radical (unpaired) electrons. The molecule has 0 spiro atoms. The van der Waals surface area contributed by atoms with Crippen LogP contribution in [0, 0.1) is 5.82 Å². The van der Waals surface area contributed by atoms with Gasteiger partial charge >= 0.3 is 0 Å². The second-order valence-corrected chi connectivity index (χ2v) is 5.99. The molecule has 0 N–H and O–H groups in total. The van der Waals surface area contributed by atoms with Crippen LogP contribution in [-0.2, 0) is 14.6 Å². The fraction of sp³-hybridized carbons (Fsp3) is 0.417. The lowest BCUT2D eigenvalue weighted by Crippen LogP contribution is -2.09. The number of hydrogen-bond donors (Lipinski definition) is 0. The first-order valence-corrected chi connectivity index (χ1v) is 7.05. The fourth-order valence-electron chi connectivity index (χ4n) is 1.47. The Labute approximate surface area is 101 Å². The smallest absolute Gasteiger partial charge is 0.181 e. The first kappa shape index (κ1) is 13.8. The second kappa shape index (κ2) is 5.91. The molecule has 0 aliphatic rings. The van der Waals surface area contributed by atoms with Gasteiger partial charge in [0.15, 0.2) is 9.84 Å². The van der Waals surface area contributed by atoms with Gasteiger partial charge < -0.3 is 4.79 Å². The molecule has 17 heavy (non-hydrogen) atoms. The lowest BCUT2D eigenvalue weighted by Gasteiger charge is -2.04. The van der Waals surface area contributed by atoms with Crippen molar-refractivity contribution < 1.29 is 17.6 Å². The van der Waals surface area contributed by atoms with Gasteiger partial charge in [-0.2, -0.15) is 0 Å². The summed E-state index contributed by atoms with van der Waals surface area (Å²) in [5.74, 6) is -0.811. The summed E-state index contributed by atoms with van der Waals surface area (Å²) in [6.07, 6.45) is 1.26. The predicted octanol–water partition coefficient (Wildman–Crippen LogP) is 2.36. The minimum absolute atomic E-state index is 0.0355. The largest absolute Gasteiger partial charge is 0.300 e. The number of rotatable bonds is 6. The van der Waals surface area contributed by atoms with Crippen molar-refractivity contribution in [1.29, 1.82) is 0 Å². The normalized spacial score (nSPS) is 11.4. The Balaban J connectivity index is 2.64. The van der Waals surface area contributed by atoms with Gasteiger partial charge in [0.25, 0.3) is 0 Å². The quantitative estimate of drug-likeness (QED) is 0.736. The minimum Gasteiger partial charge on any atom is -0.300 e. The Morgan fingerprint density at radius 1 is 1.24 bits per heavy atom. The maximum Gasteiger partial charge on any atom is 0.181 e. The highest BCUT2D eigenvalue weighted by Gasteiger charge is 2.17. The van der Waals surface area contributed by atoms with Crippen LogP contribution in [0.3, 0.4) is 0 Å². The molecule has 0 saturated carbocycles. The number of carbonyl (C=O) groups excluding carboxylic acids is 1. The molecule has 0 amide bonds. The van der Waals surface area contributed by atoms with E-state index in [1.165, 1.54) is 25.1 Å². The van der Waals surface area contributed by atoms with Crippen LogP contribution in [0.15, 0.2) is 29.2 Å². The summed E-state index contributed by atoms with van der Waals surface area (Å²) in [6, 6.07) is 5.33. The number of hydrogen-bond acceptors (Lipinski definition) is 3. The summed E-state index contributed by atoms with van der Waals surface area (Å²) >= 11 is 0. The highest BCUT2D eigenvalue weighted by atomic mass is 32.2. The molecule has 0 atom stereocenters. The zero-order valence-electron chi connectivity index (χ0n) is 9.65. The van der Waals surface area contributed by atoms with Crippen LogP contribution in [0.2, 0.25) is 0 Å². The van der Waals surface area contributed by atoms with Crippen LogP contribution in [0.5, 0.6) is 0 Å². The van der Waals surface area contributed by atoms with Crippen molar-refractivity contribution in [1.82, 2.24) is 0 Å². The molecule has 0 bridgehead atoms. The number of halogens is 1. The molecule has 0 aromatic heterocycles. The van der Waals surface area contributed by atoms with Crippen molar-refractivity contribution >= 4 is 15.6 Å². The minimum atomic E-state index is -3.58. The molecule has 0 heterocycles. The molecule has 1 aromatic rings. The molecular weight excluding hydrogens is 243 g/mol.